The van der Waals surface area contributed by atoms with Gasteiger partial charge in [0.1, 0.15) is 5.75 Å². The van der Waals surface area contributed by atoms with Crippen LogP contribution in [0.3, 0.4) is 0 Å². The van der Waals surface area contributed by atoms with Crippen molar-refractivity contribution in [2.75, 3.05) is 40.0 Å². The fourth-order valence-corrected chi connectivity index (χ4v) is 4.89. The molecule has 0 aliphatic carbocycles. The number of rotatable bonds is 8. The van der Waals surface area contributed by atoms with Gasteiger partial charge in [0.05, 0.1) is 26.0 Å². The molecule has 2 aromatic rings. The van der Waals surface area contributed by atoms with Gasteiger partial charge >= 0.3 is 0 Å². The Kier molecular flexibility index (Phi) is 6.98. The van der Waals surface area contributed by atoms with E-state index in [0.717, 1.165) is 62.9 Å². The van der Waals surface area contributed by atoms with E-state index in [1.165, 1.54) is 5.56 Å². The Labute approximate surface area is 185 Å². The Hall–Kier alpha value is -2.31. The Morgan fingerprint density at radius 2 is 2.03 bits per heavy atom. The molecule has 0 radical (unpaired) electrons. The Morgan fingerprint density at radius 1 is 1.19 bits per heavy atom. The average molecular weight is 427 g/mol. The second kappa shape index (κ2) is 9.88. The zero-order valence-electron chi connectivity index (χ0n) is 18.9. The molecule has 168 valence electrons. The van der Waals surface area contributed by atoms with Crippen molar-refractivity contribution < 1.29 is 18.9 Å². The molecule has 2 aliphatic rings. The molecule has 2 aliphatic heterocycles. The smallest absolute Gasteiger partial charge is 0.161 e. The monoisotopic (exact) mass is 426 g/mol. The fraction of sp³-hybridized carbons (Fsp3) is 0.560. The quantitative estimate of drug-likeness (QED) is 0.631. The molecule has 1 spiro atoms. The highest BCUT2D eigenvalue weighted by molar-refractivity contribution is 5.43. The van der Waals surface area contributed by atoms with Crippen molar-refractivity contribution >= 4 is 0 Å². The van der Waals surface area contributed by atoms with Gasteiger partial charge in [-0.3, -0.25) is 9.88 Å². The summed E-state index contributed by atoms with van der Waals surface area (Å²) in [6.45, 7) is 9.43. The molecule has 6 heteroatoms. The first kappa shape index (κ1) is 21.9. The molecule has 2 fully saturated rings. The molecular formula is C25H34N2O4. The number of pyridine rings is 1. The summed E-state index contributed by atoms with van der Waals surface area (Å²) in [5, 5.41) is 0. The van der Waals surface area contributed by atoms with Crippen molar-refractivity contribution in [3.8, 4) is 17.2 Å². The molecule has 1 aromatic carbocycles. The van der Waals surface area contributed by atoms with Crippen molar-refractivity contribution in [1.29, 1.82) is 0 Å². The molecule has 1 aromatic heterocycles. The molecule has 1 atom stereocenters. The van der Waals surface area contributed by atoms with Gasteiger partial charge in [0.2, 0.25) is 0 Å². The lowest BCUT2D eigenvalue weighted by atomic mass is 9.72. The molecule has 0 saturated carbocycles. The van der Waals surface area contributed by atoms with Gasteiger partial charge in [-0.25, -0.2) is 0 Å². The lowest BCUT2D eigenvalue weighted by molar-refractivity contribution is -0.00944. The summed E-state index contributed by atoms with van der Waals surface area (Å²) in [4.78, 5) is 6.72. The van der Waals surface area contributed by atoms with Crippen molar-refractivity contribution in [3.63, 3.8) is 0 Å². The van der Waals surface area contributed by atoms with Gasteiger partial charge in [-0.1, -0.05) is 6.07 Å². The zero-order chi connectivity index (χ0) is 21.7. The summed E-state index contributed by atoms with van der Waals surface area (Å²) in [6, 6.07) is 10.2. The van der Waals surface area contributed by atoms with Crippen LogP contribution in [0.15, 0.2) is 42.7 Å². The second-order valence-electron chi connectivity index (χ2n) is 8.99. The average Bonchev–Trinajstić information content (AvgIpc) is 3.10. The standard InChI is InChI=1S/C25H34N2O4/c1-19(2)31-23-7-6-20(13-24(23)28-3)15-27-16-21(17-30-22-5-4-10-26-14-22)25(18-27)8-11-29-12-9-25/h4-7,10,13-14,19,21H,8-9,11-12,15-18H2,1-3H3. The highest BCUT2D eigenvalue weighted by atomic mass is 16.5. The van der Waals surface area contributed by atoms with Crippen LogP contribution < -0.4 is 14.2 Å². The van der Waals surface area contributed by atoms with E-state index >= 15 is 0 Å². The second-order valence-corrected chi connectivity index (χ2v) is 8.99. The van der Waals surface area contributed by atoms with Gasteiger partial charge in [0.25, 0.3) is 0 Å². The molecule has 1 unspecified atom stereocenters. The minimum absolute atomic E-state index is 0.118. The number of benzene rings is 1. The molecule has 31 heavy (non-hydrogen) atoms. The Bertz CT molecular complexity index is 837. The largest absolute Gasteiger partial charge is 0.493 e. The van der Waals surface area contributed by atoms with E-state index in [0.29, 0.717) is 12.5 Å². The lowest BCUT2D eigenvalue weighted by Gasteiger charge is -2.38. The van der Waals surface area contributed by atoms with E-state index in [1.54, 1.807) is 19.5 Å². The van der Waals surface area contributed by atoms with E-state index in [4.69, 9.17) is 18.9 Å². The van der Waals surface area contributed by atoms with E-state index in [2.05, 4.69) is 22.0 Å². The molecule has 0 N–H and O–H groups in total. The molecule has 0 amide bonds. The fourth-order valence-electron chi connectivity index (χ4n) is 4.89. The van der Waals surface area contributed by atoms with Crippen LogP contribution in [0.5, 0.6) is 17.2 Å². The summed E-state index contributed by atoms with van der Waals surface area (Å²) < 4.78 is 23.3. The first-order chi connectivity index (χ1) is 15.1. The molecule has 2 saturated heterocycles. The van der Waals surface area contributed by atoms with E-state index < -0.39 is 0 Å². The summed E-state index contributed by atoms with van der Waals surface area (Å²) in [7, 11) is 1.70. The minimum atomic E-state index is 0.118. The predicted molar refractivity (Wildman–Crippen MR) is 120 cm³/mol. The van der Waals surface area contributed by atoms with Crippen LogP contribution in [0.1, 0.15) is 32.3 Å². The van der Waals surface area contributed by atoms with Crippen LogP contribution in [0.2, 0.25) is 0 Å². The van der Waals surface area contributed by atoms with Crippen LogP contribution in [-0.4, -0.2) is 56.0 Å². The van der Waals surface area contributed by atoms with Crippen molar-refractivity contribution in [2.45, 2.75) is 39.3 Å². The van der Waals surface area contributed by atoms with Crippen molar-refractivity contribution in [2.24, 2.45) is 11.3 Å². The molecule has 4 rings (SSSR count). The van der Waals surface area contributed by atoms with Gasteiger partial charge in [-0.05, 0) is 61.9 Å². The lowest BCUT2D eigenvalue weighted by Crippen LogP contribution is -2.39. The van der Waals surface area contributed by atoms with Gasteiger partial charge in [-0.2, -0.15) is 0 Å². The highest BCUT2D eigenvalue weighted by Crippen LogP contribution is 2.45. The maximum Gasteiger partial charge on any atom is 0.161 e. The van der Waals surface area contributed by atoms with Gasteiger partial charge in [0, 0.05) is 45.0 Å². The van der Waals surface area contributed by atoms with Gasteiger partial charge < -0.3 is 18.9 Å². The number of methoxy groups -OCH3 is 1. The maximum atomic E-state index is 6.14. The first-order valence-electron chi connectivity index (χ1n) is 11.2. The summed E-state index contributed by atoms with van der Waals surface area (Å²) in [5.41, 5.74) is 1.50. The number of hydrogen-bond acceptors (Lipinski definition) is 6. The maximum absolute atomic E-state index is 6.14. The molecule has 6 nitrogen and oxygen atoms in total. The van der Waals surface area contributed by atoms with Crippen LogP contribution >= 0.6 is 0 Å². The topological polar surface area (TPSA) is 53.1 Å². The molecule has 3 heterocycles. The Balaban J connectivity index is 1.45. The van der Waals surface area contributed by atoms with Crippen molar-refractivity contribution in [1.82, 2.24) is 9.88 Å². The van der Waals surface area contributed by atoms with Crippen LogP contribution in [0.4, 0.5) is 0 Å². The predicted octanol–water partition coefficient (Wildman–Crippen LogP) is 4.19. The molecular weight excluding hydrogens is 392 g/mol. The number of nitrogens with zero attached hydrogens (tertiary/aromatic N) is 2. The third-order valence-electron chi connectivity index (χ3n) is 6.45. The number of likely N-dealkylation sites (tertiary alicyclic amines) is 1. The van der Waals surface area contributed by atoms with Gasteiger partial charge in [-0.15, -0.1) is 0 Å². The number of hydrogen-bond donors (Lipinski definition) is 0. The third-order valence-corrected chi connectivity index (χ3v) is 6.45. The number of ether oxygens (including phenoxy) is 4. The van der Waals surface area contributed by atoms with Crippen LogP contribution in [0.25, 0.3) is 0 Å². The zero-order valence-corrected chi connectivity index (χ0v) is 18.9. The van der Waals surface area contributed by atoms with Crippen LogP contribution in [0, 0.1) is 11.3 Å². The van der Waals surface area contributed by atoms with Crippen molar-refractivity contribution in [3.05, 3.63) is 48.3 Å². The highest BCUT2D eigenvalue weighted by Gasteiger charge is 2.47. The minimum Gasteiger partial charge on any atom is -0.493 e. The third kappa shape index (κ3) is 5.31. The summed E-state index contributed by atoms with van der Waals surface area (Å²) in [5.74, 6) is 2.91. The van der Waals surface area contributed by atoms with E-state index in [1.807, 2.05) is 32.0 Å². The summed E-state index contributed by atoms with van der Waals surface area (Å²) >= 11 is 0. The summed E-state index contributed by atoms with van der Waals surface area (Å²) in [6.07, 6.45) is 5.86. The van der Waals surface area contributed by atoms with E-state index in [9.17, 15) is 0 Å². The normalized spacial score (nSPS) is 20.8. The first-order valence-corrected chi connectivity index (χ1v) is 11.2. The Morgan fingerprint density at radius 3 is 2.74 bits per heavy atom. The van der Waals surface area contributed by atoms with Gasteiger partial charge in [0.15, 0.2) is 11.5 Å². The SMILES string of the molecule is COc1cc(CN2CC(COc3cccnc3)C3(CCOCC3)C2)ccc1OC(C)C. The molecule has 0 bridgehead atoms. The number of aromatic nitrogens is 1. The van der Waals surface area contributed by atoms with Crippen LogP contribution in [-0.2, 0) is 11.3 Å². The van der Waals surface area contributed by atoms with E-state index in [-0.39, 0.29) is 11.5 Å².